The highest BCUT2D eigenvalue weighted by molar-refractivity contribution is 5.34. The number of benzene rings is 1. The van der Waals surface area contributed by atoms with E-state index < -0.39 is 0 Å². The summed E-state index contributed by atoms with van der Waals surface area (Å²) in [4.78, 5) is 0. The van der Waals surface area contributed by atoms with Gasteiger partial charge in [-0.1, -0.05) is 18.2 Å². The minimum atomic E-state index is -0.243. The Morgan fingerprint density at radius 2 is 2.15 bits per heavy atom. The van der Waals surface area contributed by atoms with Gasteiger partial charge in [0.2, 0.25) is 0 Å². The van der Waals surface area contributed by atoms with Crippen LogP contribution in [0.3, 0.4) is 0 Å². The zero-order valence-corrected chi connectivity index (χ0v) is 7.88. The standard InChI is InChI=1S/C11H15NO/c1-8(13)4-9-2-3-10-6-12-7-11(10)5-9/h2-3,5,8,12-13H,4,6-7H2,1H3. The Morgan fingerprint density at radius 1 is 1.38 bits per heavy atom. The molecule has 0 saturated heterocycles. The van der Waals surface area contributed by atoms with Crippen LogP contribution < -0.4 is 5.32 Å². The molecule has 1 atom stereocenters. The molecule has 13 heavy (non-hydrogen) atoms. The molecule has 1 aromatic carbocycles. The Balaban J connectivity index is 2.21. The van der Waals surface area contributed by atoms with Crippen molar-refractivity contribution < 1.29 is 5.11 Å². The summed E-state index contributed by atoms with van der Waals surface area (Å²) in [6.45, 7) is 3.79. The van der Waals surface area contributed by atoms with Crippen molar-refractivity contribution in [3.8, 4) is 0 Å². The van der Waals surface area contributed by atoms with Crippen LogP contribution in [0, 0.1) is 0 Å². The van der Waals surface area contributed by atoms with Crippen molar-refractivity contribution in [1.82, 2.24) is 5.32 Å². The second-order valence-electron chi connectivity index (χ2n) is 3.76. The van der Waals surface area contributed by atoms with Gasteiger partial charge in [-0.3, -0.25) is 0 Å². The molecule has 0 spiro atoms. The van der Waals surface area contributed by atoms with Gasteiger partial charge < -0.3 is 10.4 Å². The van der Waals surface area contributed by atoms with Crippen LogP contribution in [0.2, 0.25) is 0 Å². The maximum absolute atomic E-state index is 9.24. The first kappa shape index (κ1) is 8.73. The molecule has 2 nitrogen and oxygen atoms in total. The van der Waals surface area contributed by atoms with Crippen LogP contribution in [0.15, 0.2) is 18.2 Å². The second kappa shape index (κ2) is 3.48. The predicted molar refractivity (Wildman–Crippen MR) is 52.4 cm³/mol. The first-order chi connectivity index (χ1) is 6.25. The Labute approximate surface area is 78.6 Å². The van der Waals surface area contributed by atoms with E-state index in [0.29, 0.717) is 0 Å². The van der Waals surface area contributed by atoms with Crippen LogP contribution in [0.1, 0.15) is 23.6 Å². The highest BCUT2D eigenvalue weighted by Crippen LogP contribution is 2.17. The first-order valence-corrected chi connectivity index (χ1v) is 4.75. The van der Waals surface area contributed by atoms with Gasteiger partial charge >= 0.3 is 0 Å². The number of fused-ring (bicyclic) bond motifs is 1. The van der Waals surface area contributed by atoms with Crippen LogP contribution in [0.25, 0.3) is 0 Å². The number of aliphatic hydroxyl groups is 1. The van der Waals surface area contributed by atoms with Crippen LogP contribution >= 0.6 is 0 Å². The summed E-state index contributed by atoms with van der Waals surface area (Å²) < 4.78 is 0. The highest BCUT2D eigenvalue weighted by Gasteiger charge is 2.10. The lowest BCUT2D eigenvalue weighted by Crippen LogP contribution is -2.04. The van der Waals surface area contributed by atoms with Crippen LogP contribution in [0.4, 0.5) is 0 Å². The fraction of sp³-hybridized carbons (Fsp3) is 0.455. The molecule has 2 N–H and O–H groups in total. The monoisotopic (exact) mass is 177 g/mol. The maximum atomic E-state index is 9.24. The molecule has 2 heteroatoms. The minimum absolute atomic E-state index is 0.243. The smallest absolute Gasteiger partial charge is 0.0552 e. The third kappa shape index (κ3) is 1.90. The van der Waals surface area contributed by atoms with E-state index in [2.05, 4.69) is 23.5 Å². The Morgan fingerprint density at radius 3 is 2.92 bits per heavy atom. The second-order valence-corrected chi connectivity index (χ2v) is 3.76. The third-order valence-electron chi connectivity index (χ3n) is 2.43. The van der Waals surface area contributed by atoms with E-state index in [1.54, 1.807) is 0 Å². The molecule has 0 aliphatic carbocycles. The van der Waals surface area contributed by atoms with E-state index >= 15 is 0 Å². The molecule has 1 aromatic rings. The van der Waals surface area contributed by atoms with E-state index in [1.165, 1.54) is 16.7 Å². The lowest BCUT2D eigenvalue weighted by atomic mass is 10.0. The van der Waals surface area contributed by atoms with Gasteiger partial charge in [0, 0.05) is 13.1 Å². The van der Waals surface area contributed by atoms with Gasteiger partial charge in [-0.05, 0) is 30.0 Å². The largest absolute Gasteiger partial charge is 0.393 e. The minimum Gasteiger partial charge on any atom is -0.393 e. The van der Waals surface area contributed by atoms with Gasteiger partial charge in [0.15, 0.2) is 0 Å². The van der Waals surface area contributed by atoms with E-state index in [1.807, 2.05) is 6.92 Å². The molecule has 1 heterocycles. The molecule has 1 unspecified atom stereocenters. The molecule has 0 amide bonds. The van der Waals surface area contributed by atoms with Gasteiger partial charge in [0.25, 0.3) is 0 Å². The zero-order chi connectivity index (χ0) is 9.26. The van der Waals surface area contributed by atoms with Crippen molar-refractivity contribution in [2.24, 2.45) is 0 Å². The van der Waals surface area contributed by atoms with Crippen molar-refractivity contribution >= 4 is 0 Å². The SMILES string of the molecule is CC(O)Cc1ccc2c(c1)CNC2. The lowest BCUT2D eigenvalue weighted by Gasteiger charge is -2.06. The maximum Gasteiger partial charge on any atom is 0.0552 e. The predicted octanol–water partition coefficient (Wildman–Crippen LogP) is 1.21. The Kier molecular flexibility index (Phi) is 2.34. The van der Waals surface area contributed by atoms with Crippen molar-refractivity contribution in [3.05, 3.63) is 34.9 Å². The number of aliphatic hydroxyl groups excluding tert-OH is 1. The lowest BCUT2D eigenvalue weighted by molar-refractivity contribution is 0.195. The molecular weight excluding hydrogens is 162 g/mol. The topological polar surface area (TPSA) is 32.3 Å². The van der Waals surface area contributed by atoms with Gasteiger partial charge in [-0.2, -0.15) is 0 Å². The fourth-order valence-electron chi connectivity index (χ4n) is 1.82. The first-order valence-electron chi connectivity index (χ1n) is 4.75. The summed E-state index contributed by atoms with van der Waals surface area (Å²) in [6, 6.07) is 6.47. The van der Waals surface area contributed by atoms with Crippen molar-refractivity contribution in [1.29, 1.82) is 0 Å². The van der Waals surface area contributed by atoms with Gasteiger partial charge in [0.1, 0.15) is 0 Å². The average Bonchev–Trinajstić information content (AvgIpc) is 2.49. The van der Waals surface area contributed by atoms with E-state index in [9.17, 15) is 5.11 Å². The molecule has 1 aliphatic rings. The van der Waals surface area contributed by atoms with Gasteiger partial charge in [-0.15, -0.1) is 0 Å². The number of rotatable bonds is 2. The molecule has 0 radical (unpaired) electrons. The summed E-state index contributed by atoms with van der Waals surface area (Å²) >= 11 is 0. The van der Waals surface area contributed by atoms with Crippen LogP contribution in [-0.2, 0) is 19.5 Å². The van der Waals surface area contributed by atoms with Crippen molar-refractivity contribution in [2.45, 2.75) is 32.5 Å². The molecule has 0 saturated carbocycles. The summed E-state index contributed by atoms with van der Waals surface area (Å²) in [5, 5.41) is 12.5. The summed E-state index contributed by atoms with van der Waals surface area (Å²) in [7, 11) is 0. The average molecular weight is 177 g/mol. The Hall–Kier alpha value is -0.860. The molecule has 0 fully saturated rings. The molecule has 2 rings (SSSR count). The van der Waals surface area contributed by atoms with Crippen LogP contribution in [0.5, 0.6) is 0 Å². The van der Waals surface area contributed by atoms with Crippen molar-refractivity contribution in [3.63, 3.8) is 0 Å². The van der Waals surface area contributed by atoms with Gasteiger partial charge in [-0.25, -0.2) is 0 Å². The highest BCUT2D eigenvalue weighted by atomic mass is 16.3. The van der Waals surface area contributed by atoms with Crippen molar-refractivity contribution in [2.75, 3.05) is 0 Å². The molecule has 1 aliphatic heterocycles. The summed E-state index contributed by atoms with van der Waals surface area (Å²) in [6.07, 6.45) is 0.514. The summed E-state index contributed by atoms with van der Waals surface area (Å²) in [5.74, 6) is 0. The zero-order valence-electron chi connectivity index (χ0n) is 7.88. The number of nitrogens with one attached hydrogen (secondary N) is 1. The third-order valence-corrected chi connectivity index (χ3v) is 2.43. The normalized spacial score (nSPS) is 17.1. The van der Waals surface area contributed by atoms with Gasteiger partial charge in [0.05, 0.1) is 6.10 Å². The van der Waals surface area contributed by atoms with E-state index in [0.717, 1.165) is 19.5 Å². The number of hydrogen-bond donors (Lipinski definition) is 2. The quantitative estimate of drug-likeness (QED) is 0.711. The summed E-state index contributed by atoms with van der Waals surface area (Å²) in [5.41, 5.74) is 4.02. The van der Waals surface area contributed by atoms with E-state index in [-0.39, 0.29) is 6.10 Å². The molecule has 70 valence electrons. The fourth-order valence-corrected chi connectivity index (χ4v) is 1.82. The van der Waals surface area contributed by atoms with Crippen LogP contribution in [-0.4, -0.2) is 11.2 Å². The molecular formula is C11H15NO. The molecule has 0 aromatic heterocycles. The Bertz CT molecular complexity index is 307. The molecule has 0 bridgehead atoms. The van der Waals surface area contributed by atoms with E-state index in [4.69, 9.17) is 0 Å². The number of hydrogen-bond acceptors (Lipinski definition) is 2.